The molecule has 0 spiro atoms. The molecule has 0 unspecified atom stereocenters. The van der Waals surface area contributed by atoms with Gasteiger partial charge < -0.3 is 25.1 Å². The zero-order chi connectivity index (χ0) is 19.2. The number of nitrogens with zero attached hydrogens (tertiary/aromatic N) is 4. The van der Waals surface area contributed by atoms with Crippen LogP contribution in [-0.4, -0.2) is 42.1 Å². The first-order valence-corrected chi connectivity index (χ1v) is 8.31. The van der Waals surface area contributed by atoms with Gasteiger partial charge in [-0.25, -0.2) is 4.98 Å². The molecule has 1 aromatic carbocycles. The number of nitrogen functional groups attached to an aromatic ring is 1. The van der Waals surface area contributed by atoms with Crippen molar-refractivity contribution in [3.05, 3.63) is 48.5 Å². The number of oxazole rings is 1. The van der Waals surface area contributed by atoms with Crippen LogP contribution in [0.2, 0.25) is 0 Å². The van der Waals surface area contributed by atoms with Gasteiger partial charge in [0.05, 0.1) is 11.9 Å². The molecule has 3 N–H and O–H groups in total. The lowest BCUT2D eigenvalue weighted by Gasteiger charge is -2.14. The molecule has 0 aliphatic rings. The first kappa shape index (κ1) is 18.2. The molecule has 2 aromatic heterocycles. The molecule has 0 atom stereocenters. The Kier molecular flexibility index (Phi) is 5.54. The lowest BCUT2D eigenvalue weighted by molar-refractivity contribution is 0.253. The summed E-state index contributed by atoms with van der Waals surface area (Å²) in [5, 5.41) is 12.5. The fourth-order valence-corrected chi connectivity index (χ4v) is 2.37. The molecule has 138 valence electrons. The van der Waals surface area contributed by atoms with E-state index in [1.54, 1.807) is 12.3 Å². The zero-order valence-electron chi connectivity index (χ0n) is 15.1. The van der Waals surface area contributed by atoms with Gasteiger partial charge in [-0.05, 0) is 38.4 Å². The molecule has 3 rings (SSSR count). The van der Waals surface area contributed by atoms with Crippen LogP contribution >= 0.6 is 0 Å². The van der Waals surface area contributed by atoms with Crippen molar-refractivity contribution in [2.24, 2.45) is 0 Å². The molecule has 0 fully saturated rings. The standard InChI is InChI=1S/C19H20N6O2/c1-25(2)7-8-26-19-15(10-20)16(21)9-18(24-19)23-14-5-3-13(4-6-14)17-11-22-12-27-17/h3-6,9,11-12H,7-8H2,1-2H3,(H3,21,23,24). The van der Waals surface area contributed by atoms with E-state index < -0.39 is 0 Å². The molecule has 0 saturated heterocycles. The van der Waals surface area contributed by atoms with Gasteiger partial charge in [0.2, 0.25) is 5.88 Å². The number of anilines is 3. The number of pyridine rings is 1. The average Bonchev–Trinajstić information content (AvgIpc) is 3.16. The van der Waals surface area contributed by atoms with Gasteiger partial charge in [0, 0.05) is 23.9 Å². The van der Waals surface area contributed by atoms with Gasteiger partial charge in [0.15, 0.2) is 12.2 Å². The molecule has 0 amide bonds. The quantitative estimate of drug-likeness (QED) is 0.658. The number of hydrogen-bond acceptors (Lipinski definition) is 8. The minimum absolute atomic E-state index is 0.222. The second-order valence-electron chi connectivity index (χ2n) is 6.11. The SMILES string of the molecule is CN(C)CCOc1nc(Nc2ccc(-c3cnco3)cc2)cc(N)c1C#N. The molecule has 8 heteroatoms. The Hall–Kier alpha value is -3.57. The molecule has 3 aromatic rings. The van der Waals surface area contributed by atoms with Crippen molar-refractivity contribution in [2.75, 3.05) is 38.3 Å². The summed E-state index contributed by atoms with van der Waals surface area (Å²) in [6, 6.07) is 11.3. The van der Waals surface area contributed by atoms with Crippen LogP contribution in [0.1, 0.15) is 5.56 Å². The Morgan fingerprint density at radius 2 is 2.07 bits per heavy atom. The lowest BCUT2D eigenvalue weighted by Crippen LogP contribution is -2.20. The maximum Gasteiger partial charge on any atom is 0.235 e. The van der Waals surface area contributed by atoms with Gasteiger partial charge in [-0.2, -0.15) is 10.2 Å². The molecule has 0 saturated carbocycles. The Morgan fingerprint density at radius 3 is 2.70 bits per heavy atom. The topological polar surface area (TPSA) is 113 Å². The fourth-order valence-electron chi connectivity index (χ4n) is 2.37. The van der Waals surface area contributed by atoms with E-state index in [2.05, 4.69) is 15.3 Å². The van der Waals surface area contributed by atoms with Gasteiger partial charge >= 0.3 is 0 Å². The predicted molar refractivity (Wildman–Crippen MR) is 103 cm³/mol. The van der Waals surface area contributed by atoms with Crippen molar-refractivity contribution in [2.45, 2.75) is 0 Å². The number of likely N-dealkylation sites (N-methyl/N-ethyl adjacent to an activating group) is 1. The number of ether oxygens (including phenoxy) is 1. The monoisotopic (exact) mass is 364 g/mol. The first-order valence-electron chi connectivity index (χ1n) is 8.31. The number of nitrogens with one attached hydrogen (secondary N) is 1. The van der Waals surface area contributed by atoms with E-state index in [-0.39, 0.29) is 11.4 Å². The maximum absolute atomic E-state index is 9.31. The molecule has 0 aliphatic carbocycles. The van der Waals surface area contributed by atoms with Gasteiger partial charge in [-0.1, -0.05) is 0 Å². The summed E-state index contributed by atoms with van der Waals surface area (Å²) in [5.41, 5.74) is 8.27. The lowest BCUT2D eigenvalue weighted by atomic mass is 10.1. The van der Waals surface area contributed by atoms with Crippen LogP contribution in [0.15, 0.2) is 47.3 Å². The Labute approximate surface area is 157 Å². The number of nitrogens with two attached hydrogens (primary N) is 1. The molecule has 0 bridgehead atoms. The molecular weight excluding hydrogens is 344 g/mol. The van der Waals surface area contributed by atoms with E-state index in [4.69, 9.17) is 14.9 Å². The zero-order valence-corrected chi connectivity index (χ0v) is 15.1. The summed E-state index contributed by atoms with van der Waals surface area (Å²) >= 11 is 0. The van der Waals surface area contributed by atoms with E-state index in [0.29, 0.717) is 30.4 Å². The molecular formula is C19H20N6O2. The number of rotatable bonds is 7. The van der Waals surface area contributed by atoms with Crippen LogP contribution in [0.3, 0.4) is 0 Å². The van der Waals surface area contributed by atoms with E-state index in [9.17, 15) is 5.26 Å². The van der Waals surface area contributed by atoms with Crippen LogP contribution in [0.4, 0.5) is 17.2 Å². The molecule has 27 heavy (non-hydrogen) atoms. The van der Waals surface area contributed by atoms with Gasteiger partial charge in [-0.3, -0.25) is 0 Å². The predicted octanol–water partition coefficient (Wildman–Crippen LogP) is 2.87. The van der Waals surface area contributed by atoms with E-state index >= 15 is 0 Å². The van der Waals surface area contributed by atoms with Crippen molar-refractivity contribution >= 4 is 17.2 Å². The smallest absolute Gasteiger partial charge is 0.235 e. The van der Waals surface area contributed by atoms with Gasteiger partial charge in [-0.15, -0.1) is 0 Å². The fraction of sp³-hybridized carbons (Fsp3) is 0.211. The van der Waals surface area contributed by atoms with Crippen molar-refractivity contribution < 1.29 is 9.15 Å². The minimum atomic E-state index is 0.222. The Bertz CT molecular complexity index is 930. The molecule has 8 nitrogen and oxygen atoms in total. The third-order valence-corrected chi connectivity index (χ3v) is 3.78. The second kappa shape index (κ2) is 8.21. The minimum Gasteiger partial charge on any atom is -0.475 e. The summed E-state index contributed by atoms with van der Waals surface area (Å²) < 4.78 is 10.9. The highest BCUT2D eigenvalue weighted by atomic mass is 16.5. The third kappa shape index (κ3) is 4.54. The van der Waals surface area contributed by atoms with Crippen LogP contribution < -0.4 is 15.8 Å². The number of nitriles is 1. The number of benzene rings is 1. The average molecular weight is 364 g/mol. The molecule has 0 radical (unpaired) electrons. The number of aromatic nitrogens is 2. The maximum atomic E-state index is 9.31. The highest BCUT2D eigenvalue weighted by molar-refractivity contribution is 5.69. The van der Waals surface area contributed by atoms with Crippen molar-refractivity contribution in [3.63, 3.8) is 0 Å². The summed E-state index contributed by atoms with van der Waals surface area (Å²) in [6.45, 7) is 1.11. The third-order valence-electron chi connectivity index (χ3n) is 3.78. The normalized spacial score (nSPS) is 10.6. The van der Waals surface area contributed by atoms with Crippen LogP contribution in [0.25, 0.3) is 11.3 Å². The van der Waals surface area contributed by atoms with Crippen LogP contribution in [-0.2, 0) is 0 Å². The number of hydrogen-bond donors (Lipinski definition) is 2. The van der Waals surface area contributed by atoms with Crippen molar-refractivity contribution in [1.82, 2.24) is 14.9 Å². The summed E-state index contributed by atoms with van der Waals surface area (Å²) in [6.07, 6.45) is 3.05. The second-order valence-corrected chi connectivity index (χ2v) is 6.11. The van der Waals surface area contributed by atoms with Crippen molar-refractivity contribution in [3.8, 4) is 23.3 Å². The van der Waals surface area contributed by atoms with Gasteiger partial charge in [0.1, 0.15) is 24.1 Å². The molecule has 2 heterocycles. The van der Waals surface area contributed by atoms with E-state index in [1.165, 1.54) is 6.39 Å². The van der Waals surface area contributed by atoms with Crippen LogP contribution in [0.5, 0.6) is 5.88 Å². The largest absolute Gasteiger partial charge is 0.475 e. The summed E-state index contributed by atoms with van der Waals surface area (Å²) in [5.74, 6) is 1.41. The van der Waals surface area contributed by atoms with Gasteiger partial charge in [0.25, 0.3) is 0 Å². The van der Waals surface area contributed by atoms with E-state index in [1.807, 2.05) is 49.3 Å². The highest BCUT2D eigenvalue weighted by Gasteiger charge is 2.13. The Morgan fingerprint density at radius 1 is 1.30 bits per heavy atom. The van der Waals surface area contributed by atoms with Crippen LogP contribution in [0, 0.1) is 11.3 Å². The Balaban J connectivity index is 1.78. The first-order chi connectivity index (χ1) is 13.1. The highest BCUT2D eigenvalue weighted by Crippen LogP contribution is 2.28. The van der Waals surface area contributed by atoms with Crippen molar-refractivity contribution in [1.29, 1.82) is 5.26 Å². The molecule has 0 aliphatic heterocycles. The van der Waals surface area contributed by atoms with E-state index in [0.717, 1.165) is 11.3 Å². The summed E-state index contributed by atoms with van der Waals surface area (Å²) in [4.78, 5) is 10.3. The summed E-state index contributed by atoms with van der Waals surface area (Å²) in [7, 11) is 3.88.